The highest BCUT2D eigenvalue weighted by Crippen LogP contribution is 2.19. The molecule has 3 rings (SSSR count). The maximum Gasteiger partial charge on any atom is 0.356 e. The van der Waals surface area contributed by atoms with E-state index in [-0.39, 0.29) is 17.7 Å². The molecule has 1 N–H and O–H groups in total. The van der Waals surface area contributed by atoms with Crippen LogP contribution in [-0.4, -0.2) is 50.9 Å². The number of carbonyl (C=O) groups excluding carboxylic acids is 1. The average Bonchev–Trinajstić information content (AvgIpc) is 2.80. The van der Waals surface area contributed by atoms with Crippen molar-refractivity contribution in [3.8, 4) is 0 Å². The third-order valence-electron chi connectivity index (χ3n) is 4.00. The number of carbonyl (C=O) groups is 2. The van der Waals surface area contributed by atoms with Crippen molar-refractivity contribution in [1.82, 2.24) is 14.7 Å². The van der Waals surface area contributed by atoms with Gasteiger partial charge >= 0.3 is 5.97 Å². The molecule has 0 saturated carbocycles. The predicted molar refractivity (Wildman–Crippen MR) is 72.8 cm³/mol. The van der Waals surface area contributed by atoms with Crippen molar-refractivity contribution in [1.29, 1.82) is 0 Å². The molecule has 1 aromatic heterocycles. The average molecular weight is 293 g/mol. The summed E-state index contributed by atoms with van der Waals surface area (Å²) in [5.41, 5.74) is 0.808. The normalized spacial score (nSPS) is 22.5. The van der Waals surface area contributed by atoms with Gasteiger partial charge in [-0.25, -0.2) is 4.79 Å². The van der Waals surface area contributed by atoms with Crippen molar-refractivity contribution in [3.05, 3.63) is 17.5 Å². The quantitative estimate of drug-likeness (QED) is 0.875. The molecule has 0 radical (unpaired) electrons. The summed E-state index contributed by atoms with van der Waals surface area (Å²) in [6, 6.07) is 1.55. The fourth-order valence-corrected chi connectivity index (χ4v) is 2.89. The summed E-state index contributed by atoms with van der Waals surface area (Å²) >= 11 is 0. The molecular weight excluding hydrogens is 274 g/mol. The lowest BCUT2D eigenvalue weighted by atomic mass is 10.1. The Morgan fingerprint density at radius 2 is 2.14 bits per heavy atom. The Hall–Kier alpha value is -1.89. The monoisotopic (exact) mass is 293 g/mol. The molecule has 1 unspecified atom stereocenters. The molecule has 21 heavy (non-hydrogen) atoms. The Balaban J connectivity index is 1.75. The number of fused-ring (bicyclic) bond motifs is 1. The van der Waals surface area contributed by atoms with Crippen molar-refractivity contribution in [2.24, 2.45) is 0 Å². The largest absolute Gasteiger partial charge is 0.476 e. The number of nitrogens with zero attached hydrogens (tertiary/aromatic N) is 3. The fraction of sp³-hybridized carbons (Fsp3) is 0.643. The smallest absolute Gasteiger partial charge is 0.356 e. The number of aryl methyl sites for hydroxylation is 1. The van der Waals surface area contributed by atoms with Gasteiger partial charge in [0.15, 0.2) is 5.69 Å². The van der Waals surface area contributed by atoms with Gasteiger partial charge in [-0.3, -0.25) is 9.48 Å². The number of aromatic carboxylic acids is 1. The highest BCUT2D eigenvalue weighted by atomic mass is 16.5. The van der Waals surface area contributed by atoms with E-state index in [1.807, 2.05) is 0 Å². The summed E-state index contributed by atoms with van der Waals surface area (Å²) in [5, 5.41) is 13.1. The molecule has 0 aliphatic carbocycles. The summed E-state index contributed by atoms with van der Waals surface area (Å²) in [5.74, 6) is -1.02. The van der Waals surface area contributed by atoms with Gasteiger partial charge in [0.05, 0.1) is 12.2 Å². The third-order valence-corrected chi connectivity index (χ3v) is 4.00. The second-order valence-corrected chi connectivity index (χ2v) is 5.52. The number of rotatable bonds is 2. The van der Waals surface area contributed by atoms with Crippen molar-refractivity contribution in [3.63, 3.8) is 0 Å². The van der Waals surface area contributed by atoms with Crippen LogP contribution in [0.2, 0.25) is 0 Å². The molecule has 7 nitrogen and oxygen atoms in total. The molecule has 0 bridgehead atoms. The maximum absolute atomic E-state index is 12.5. The minimum Gasteiger partial charge on any atom is -0.476 e. The van der Waals surface area contributed by atoms with Crippen LogP contribution in [0.3, 0.4) is 0 Å². The van der Waals surface area contributed by atoms with Gasteiger partial charge in [-0.1, -0.05) is 0 Å². The van der Waals surface area contributed by atoms with E-state index in [0.29, 0.717) is 26.2 Å². The molecule has 0 aromatic carbocycles. The molecule has 1 fully saturated rings. The molecule has 3 heterocycles. The van der Waals surface area contributed by atoms with Crippen LogP contribution in [0.4, 0.5) is 0 Å². The Morgan fingerprint density at radius 1 is 1.29 bits per heavy atom. The number of carboxylic acids is 1. The van der Waals surface area contributed by atoms with Crippen molar-refractivity contribution >= 4 is 11.9 Å². The summed E-state index contributed by atoms with van der Waals surface area (Å²) in [6.07, 6.45) is 3.23. The van der Waals surface area contributed by atoms with Crippen LogP contribution in [0, 0.1) is 0 Å². The number of aromatic nitrogens is 2. The number of hydrogen-bond donors (Lipinski definition) is 1. The SMILES string of the molecule is O=C(O)c1cc2n(n1)CCCN(C(=O)C1CCCCO1)C2. The summed E-state index contributed by atoms with van der Waals surface area (Å²) in [6.45, 7) is 2.34. The van der Waals surface area contributed by atoms with Crippen LogP contribution >= 0.6 is 0 Å². The molecule has 1 aromatic rings. The Kier molecular flexibility index (Phi) is 3.92. The van der Waals surface area contributed by atoms with E-state index >= 15 is 0 Å². The zero-order valence-corrected chi connectivity index (χ0v) is 11.8. The van der Waals surface area contributed by atoms with Gasteiger partial charge in [0, 0.05) is 19.7 Å². The van der Waals surface area contributed by atoms with Crippen LogP contribution in [0.1, 0.15) is 41.9 Å². The number of hydrogen-bond acceptors (Lipinski definition) is 4. The van der Waals surface area contributed by atoms with Crippen LogP contribution in [0.15, 0.2) is 6.07 Å². The molecular formula is C14H19N3O4. The minimum atomic E-state index is -1.04. The van der Waals surface area contributed by atoms with Gasteiger partial charge in [-0.15, -0.1) is 0 Å². The fourth-order valence-electron chi connectivity index (χ4n) is 2.89. The molecule has 1 atom stereocenters. The van der Waals surface area contributed by atoms with E-state index in [4.69, 9.17) is 9.84 Å². The van der Waals surface area contributed by atoms with Crippen LogP contribution in [0.5, 0.6) is 0 Å². The van der Waals surface area contributed by atoms with E-state index in [1.165, 1.54) is 0 Å². The first-order valence-corrected chi connectivity index (χ1v) is 7.35. The lowest BCUT2D eigenvalue weighted by Crippen LogP contribution is -2.41. The van der Waals surface area contributed by atoms with E-state index < -0.39 is 5.97 Å². The van der Waals surface area contributed by atoms with Gasteiger partial charge < -0.3 is 14.7 Å². The molecule has 1 amide bonds. The van der Waals surface area contributed by atoms with E-state index in [2.05, 4.69) is 5.10 Å². The van der Waals surface area contributed by atoms with E-state index in [1.54, 1.807) is 15.6 Å². The van der Waals surface area contributed by atoms with Crippen molar-refractivity contribution in [2.45, 2.75) is 44.9 Å². The molecule has 2 aliphatic rings. The number of carboxylic acid groups (broad SMARTS) is 1. The first kappa shape index (κ1) is 14.1. The first-order chi connectivity index (χ1) is 10.1. The second-order valence-electron chi connectivity index (χ2n) is 5.52. The molecule has 114 valence electrons. The van der Waals surface area contributed by atoms with Gasteiger partial charge in [-0.2, -0.15) is 5.10 Å². The first-order valence-electron chi connectivity index (χ1n) is 7.35. The molecule has 2 aliphatic heterocycles. The lowest BCUT2D eigenvalue weighted by Gasteiger charge is -2.28. The predicted octanol–water partition coefficient (Wildman–Crippen LogP) is 0.883. The Labute approximate surface area is 122 Å². The van der Waals surface area contributed by atoms with Gasteiger partial charge in [0.1, 0.15) is 6.10 Å². The number of ether oxygens (including phenoxy) is 1. The van der Waals surface area contributed by atoms with Gasteiger partial charge in [0.25, 0.3) is 5.91 Å². The van der Waals surface area contributed by atoms with E-state index in [9.17, 15) is 9.59 Å². The highest BCUT2D eigenvalue weighted by molar-refractivity contribution is 5.85. The third kappa shape index (κ3) is 2.92. The summed E-state index contributed by atoms with van der Waals surface area (Å²) in [7, 11) is 0. The molecule has 0 spiro atoms. The topological polar surface area (TPSA) is 84.7 Å². The second kappa shape index (κ2) is 5.85. The van der Waals surface area contributed by atoms with Crippen molar-refractivity contribution < 1.29 is 19.4 Å². The van der Waals surface area contributed by atoms with Crippen LogP contribution in [0.25, 0.3) is 0 Å². The lowest BCUT2D eigenvalue weighted by molar-refractivity contribution is -0.147. The minimum absolute atomic E-state index is 0.0150. The van der Waals surface area contributed by atoms with Crippen LogP contribution < -0.4 is 0 Å². The standard InChI is InChI=1S/C14H19N3O4/c18-13(12-4-1-2-7-21-12)16-5-3-6-17-10(9-16)8-11(15-17)14(19)20/h8,12H,1-7,9H2,(H,19,20). The Bertz CT molecular complexity index is 548. The maximum atomic E-state index is 12.5. The number of amides is 1. The van der Waals surface area contributed by atoms with Crippen molar-refractivity contribution in [2.75, 3.05) is 13.2 Å². The zero-order chi connectivity index (χ0) is 14.8. The Morgan fingerprint density at radius 3 is 2.86 bits per heavy atom. The van der Waals surface area contributed by atoms with Gasteiger partial charge in [0.2, 0.25) is 0 Å². The van der Waals surface area contributed by atoms with E-state index in [0.717, 1.165) is 31.4 Å². The highest BCUT2D eigenvalue weighted by Gasteiger charge is 2.29. The van der Waals surface area contributed by atoms with Crippen LogP contribution in [-0.2, 0) is 22.6 Å². The zero-order valence-electron chi connectivity index (χ0n) is 11.8. The summed E-state index contributed by atoms with van der Waals surface area (Å²) in [4.78, 5) is 25.3. The molecule has 1 saturated heterocycles. The summed E-state index contributed by atoms with van der Waals surface area (Å²) < 4.78 is 7.25. The van der Waals surface area contributed by atoms with Gasteiger partial charge in [-0.05, 0) is 31.7 Å². The molecule has 7 heteroatoms.